The Balaban J connectivity index is 1.42. The number of fused-ring (bicyclic) bond motifs is 1. The fourth-order valence-corrected chi connectivity index (χ4v) is 3.87. The lowest BCUT2D eigenvalue weighted by Gasteiger charge is -2.08. The molecule has 0 aliphatic rings. The normalized spacial score (nSPS) is 11.2. The van der Waals surface area contributed by atoms with Gasteiger partial charge in [-0.05, 0) is 86.0 Å². The molecule has 2 heterocycles. The number of nitrogens with one attached hydrogen (secondary N) is 1. The Labute approximate surface area is 196 Å². The molecule has 0 unspecified atom stereocenters. The van der Waals surface area contributed by atoms with Gasteiger partial charge >= 0.3 is 0 Å². The number of carbonyl (C=O) groups excluding carboxylic acids is 1. The lowest BCUT2D eigenvalue weighted by atomic mass is 10.1. The highest BCUT2D eigenvalue weighted by atomic mass is 35.5. The van der Waals surface area contributed by atoms with Gasteiger partial charge < -0.3 is 14.2 Å². The summed E-state index contributed by atoms with van der Waals surface area (Å²) in [7, 11) is 0. The zero-order valence-corrected chi connectivity index (χ0v) is 19.2. The van der Waals surface area contributed by atoms with Crippen LogP contribution in [0.25, 0.3) is 33.9 Å². The van der Waals surface area contributed by atoms with E-state index >= 15 is 0 Å². The molecule has 1 N–H and O–H groups in total. The smallest absolute Gasteiger partial charge is 0.291 e. The summed E-state index contributed by atoms with van der Waals surface area (Å²) in [6.07, 6.45) is 0. The fraction of sp³-hybridized carbons (Fsp3) is 0.111. The van der Waals surface area contributed by atoms with Crippen molar-refractivity contribution in [2.45, 2.75) is 20.8 Å². The van der Waals surface area contributed by atoms with E-state index in [-0.39, 0.29) is 11.7 Å². The van der Waals surface area contributed by atoms with Gasteiger partial charge in [-0.25, -0.2) is 4.98 Å². The summed E-state index contributed by atoms with van der Waals surface area (Å²) in [6, 6.07) is 20.4. The zero-order chi connectivity index (χ0) is 23.1. The summed E-state index contributed by atoms with van der Waals surface area (Å²) < 4.78 is 11.8. The van der Waals surface area contributed by atoms with Gasteiger partial charge in [0.25, 0.3) is 5.91 Å². The molecule has 0 radical (unpaired) electrons. The number of halogens is 1. The number of amides is 1. The van der Waals surface area contributed by atoms with Crippen LogP contribution in [0.5, 0.6) is 0 Å². The predicted molar refractivity (Wildman–Crippen MR) is 131 cm³/mol. The van der Waals surface area contributed by atoms with Crippen LogP contribution in [0.4, 0.5) is 5.69 Å². The number of benzene rings is 3. The number of hydrogen-bond acceptors (Lipinski definition) is 4. The van der Waals surface area contributed by atoms with Crippen molar-refractivity contribution in [1.82, 2.24) is 4.98 Å². The Morgan fingerprint density at radius 1 is 0.879 bits per heavy atom. The number of oxazole rings is 1. The number of rotatable bonds is 4. The summed E-state index contributed by atoms with van der Waals surface area (Å²) >= 11 is 6.24. The number of furan rings is 1. The Bertz CT molecular complexity index is 1470. The molecular weight excluding hydrogens is 436 g/mol. The average Bonchev–Trinajstić information content (AvgIpc) is 3.43. The number of nitrogens with zero attached hydrogens (tertiary/aromatic N) is 1. The van der Waals surface area contributed by atoms with Crippen molar-refractivity contribution in [3.63, 3.8) is 0 Å². The van der Waals surface area contributed by atoms with Gasteiger partial charge in [0.1, 0.15) is 11.3 Å². The van der Waals surface area contributed by atoms with E-state index in [4.69, 9.17) is 20.4 Å². The van der Waals surface area contributed by atoms with E-state index in [9.17, 15) is 4.79 Å². The van der Waals surface area contributed by atoms with Crippen LogP contribution in [-0.2, 0) is 0 Å². The molecular formula is C27H21ClN2O3. The van der Waals surface area contributed by atoms with E-state index in [1.54, 1.807) is 18.2 Å². The molecule has 0 bridgehead atoms. The van der Waals surface area contributed by atoms with Crippen molar-refractivity contribution in [1.29, 1.82) is 0 Å². The van der Waals surface area contributed by atoms with E-state index in [1.807, 2.05) is 62.4 Å². The first-order valence-corrected chi connectivity index (χ1v) is 10.9. The maximum absolute atomic E-state index is 12.9. The first-order valence-electron chi connectivity index (χ1n) is 10.5. The SMILES string of the molecule is Cc1cc2nc(-c3ccc(C)c(NC(=O)c4ccc(-c5ccccc5Cl)o4)c3)oc2cc1C. The van der Waals surface area contributed by atoms with E-state index < -0.39 is 0 Å². The first kappa shape index (κ1) is 21.0. The largest absolute Gasteiger partial charge is 0.451 e. The maximum atomic E-state index is 12.9. The second-order valence-electron chi connectivity index (χ2n) is 8.05. The third kappa shape index (κ3) is 4.03. The Morgan fingerprint density at radius 3 is 2.48 bits per heavy atom. The van der Waals surface area contributed by atoms with E-state index in [2.05, 4.69) is 17.2 Å². The summed E-state index contributed by atoms with van der Waals surface area (Å²) in [5.41, 5.74) is 6.93. The molecule has 0 aliphatic carbocycles. The van der Waals surface area contributed by atoms with Crippen molar-refractivity contribution in [3.05, 3.63) is 94.2 Å². The molecule has 2 aromatic heterocycles. The number of anilines is 1. The Morgan fingerprint density at radius 2 is 1.67 bits per heavy atom. The quantitative estimate of drug-likeness (QED) is 0.302. The number of hydrogen-bond donors (Lipinski definition) is 1. The van der Waals surface area contributed by atoms with E-state index in [0.29, 0.717) is 22.4 Å². The van der Waals surface area contributed by atoms with Crippen LogP contribution in [0.3, 0.4) is 0 Å². The lowest BCUT2D eigenvalue weighted by Crippen LogP contribution is -2.11. The first-order chi connectivity index (χ1) is 15.9. The Kier molecular flexibility index (Phi) is 5.27. The number of aromatic nitrogens is 1. The molecule has 5 rings (SSSR count). The highest BCUT2D eigenvalue weighted by Gasteiger charge is 2.16. The van der Waals surface area contributed by atoms with Crippen LogP contribution in [0.2, 0.25) is 5.02 Å². The van der Waals surface area contributed by atoms with Crippen LogP contribution >= 0.6 is 11.6 Å². The molecule has 0 spiro atoms. The van der Waals surface area contributed by atoms with Crippen molar-refractivity contribution >= 4 is 34.3 Å². The van der Waals surface area contributed by atoms with Crippen molar-refractivity contribution < 1.29 is 13.6 Å². The third-order valence-electron chi connectivity index (χ3n) is 5.71. The minimum atomic E-state index is -0.350. The molecule has 0 saturated carbocycles. The molecule has 0 aliphatic heterocycles. The van der Waals surface area contributed by atoms with Gasteiger partial charge in [-0.2, -0.15) is 0 Å². The molecule has 5 aromatic rings. The van der Waals surface area contributed by atoms with Gasteiger partial charge in [0, 0.05) is 16.8 Å². The molecule has 33 heavy (non-hydrogen) atoms. The monoisotopic (exact) mass is 456 g/mol. The van der Waals surface area contributed by atoms with Gasteiger partial charge in [-0.15, -0.1) is 0 Å². The molecule has 0 fully saturated rings. The summed E-state index contributed by atoms with van der Waals surface area (Å²) in [6.45, 7) is 6.02. The Hall–Kier alpha value is -3.83. The average molecular weight is 457 g/mol. The van der Waals surface area contributed by atoms with E-state index in [1.165, 1.54) is 0 Å². The van der Waals surface area contributed by atoms with Gasteiger partial charge in [0.05, 0.1) is 5.02 Å². The molecule has 3 aromatic carbocycles. The topological polar surface area (TPSA) is 68.3 Å². The number of aryl methyl sites for hydroxylation is 3. The van der Waals surface area contributed by atoms with Gasteiger partial charge in [-0.3, -0.25) is 4.79 Å². The third-order valence-corrected chi connectivity index (χ3v) is 6.04. The predicted octanol–water partition coefficient (Wildman–Crippen LogP) is 7.59. The van der Waals surface area contributed by atoms with Crippen LogP contribution in [0.15, 0.2) is 75.6 Å². The second-order valence-corrected chi connectivity index (χ2v) is 8.46. The minimum absolute atomic E-state index is 0.197. The molecule has 0 atom stereocenters. The molecule has 1 amide bonds. The molecule has 6 heteroatoms. The fourth-order valence-electron chi connectivity index (χ4n) is 3.64. The van der Waals surface area contributed by atoms with Crippen molar-refractivity contribution in [3.8, 4) is 22.8 Å². The van der Waals surface area contributed by atoms with Crippen molar-refractivity contribution in [2.75, 3.05) is 5.32 Å². The molecule has 5 nitrogen and oxygen atoms in total. The molecule has 0 saturated heterocycles. The standard InChI is InChI=1S/C27H21ClN2O3/c1-15-8-9-18(27-30-22-12-16(2)17(3)13-25(22)33-27)14-21(15)29-26(31)24-11-10-23(32-24)19-6-4-5-7-20(19)28/h4-14H,1-3H3,(H,29,31). The highest BCUT2D eigenvalue weighted by Crippen LogP contribution is 2.31. The van der Waals surface area contributed by atoms with E-state index in [0.717, 1.165) is 38.9 Å². The van der Waals surface area contributed by atoms with Crippen LogP contribution in [0, 0.1) is 20.8 Å². The van der Waals surface area contributed by atoms with Crippen LogP contribution < -0.4 is 5.32 Å². The number of carbonyl (C=O) groups is 1. The zero-order valence-electron chi connectivity index (χ0n) is 18.4. The summed E-state index contributed by atoms with van der Waals surface area (Å²) in [4.78, 5) is 17.5. The maximum Gasteiger partial charge on any atom is 0.291 e. The van der Waals surface area contributed by atoms with Gasteiger partial charge in [0.2, 0.25) is 5.89 Å². The summed E-state index contributed by atoms with van der Waals surface area (Å²) in [5, 5.41) is 3.49. The van der Waals surface area contributed by atoms with Crippen LogP contribution in [-0.4, -0.2) is 10.9 Å². The van der Waals surface area contributed by atoms with Crippen LogP contribution in [0.1, 0.15) is 27.2 Å². The van der Waals surface area contributed by atoms with Gasteiger partial charge in [-0.1, -0.05) is 29.8 Å². The highest BCUT2D eigenvalue weighted by molar-refractivity contribution is 6.33. The summed E-state index contributed by atoms with van der Waals surface area (Å²) in [5.74, 6) is 0.887. The minimum Gasteiger partial charge on any atom is -0.451 e. The molecule has 164 valence electrons. The van der Waals surface area contributed by atoms with Gasteiger partial charge in [0.15, 0.2) is 11.3 Å². The van der Waals surface area contributed by atoms with Crippen molar-refractivity contribution in [2.24, 2.45) is 0 Å². The second kappa shape index (κ2) is 8.26. The lowest BCUT2D eigenvalue weighted by molar-refractivity contribution is 0.0997.